The highest BCUT2D eigenvalue weighted by molar-refractivity contribution is 7.92. The minimum absolute atomic E-state index is 0.0380. The van der Waals surface area contributed by atoms with Crippen molar-refractivity contribution in [2.24, 2.45) is 0 Å². The average molecular weight is 342 g/mol. The molecule has 0 aliphatic heterocycles. The first-order valence-corrected chi connectivity index (χ1v) is 8.74. The summed E-state index contributed by atoms with van der Waals surface area (Å²) in [5, 5.41) is 0. The Kier molecular flexibility index (Phi) is 4.31. The third-order valence-electron chi connectivity index (χ3n) is 3.51. The van der Waals surface area contributed by atoms with Crippen LogP contribution in [-0.4, -0.2) is 13.4 Å². The molecule has 24 heavy (non-hydrogen) atoms. The number of aryl methyl sites for hydroxylation is 1. The van der Waals surface area contributed by atoms with Gasteiger partial charge in [0.15, 0.2) is 0 Å². The Labute approximate surface area is 140 Å². The number of hydrogen-bond acceptors (Lipinski definition) is 3. The van der Waals surface area contributed by atoms with Crippen LogP contribution in [0.1, 0.15) is 5.56 Å². The van der Waals surface area contributed by atoms with Crippen LogP contribution >= 0.6 is 0 Å². The fourth-order valence-corrected chi connectivity index (χ4v) is 3.63. The number of aromatic nitrogens is 1. The zero-order valence-corrected chi connectivity index (χ0v) is 13.7. The lowest BCUT2D eigenvalue weighted by Gasteiger charge is -2.10. The van der Waals surface area contributed by atoms with Crippen LogP contribution in [-0.2, 0) is 10.0 Å². The van der Waals surface area contributed by atoms with E-state index in [1.54, 1.807) is 19.1 Å². The maximum atomic E-state index is 13.1. The SMILES string of the molecule is Cc1cc(F)ccc1S(=O)(=O)Nc1ccc(-c2ccccc2)nc1. The predicted molar refractivity (Wildman–Crippen MR) is 91.6 cm³/mol. The smallest absolute Gasteiger partial charge is 0.262 e. The second-order valence-corrected chi connectivity index (χ2v) is 6.96. The molecule has 0 atom stereocenters. The lowest BCUT2D eigenvalue weighted by molar-refractivity contribution is 0.598. The normalized spacial score (nSPS) is 11.2. The van der Waals surface area contributed by atoms with E-state index in [1.165, 1.54) is 18.3 Å². The molecule has 6 heteroatoms. The first-order chi connectivity index (χ1) is 11.5. The highest BCUT2D eigenvalue weighted by Crippen LogP contribution is 2.22. The van der Waals surface area contributed by atoms with Crippen molar-refractivity contribution < 1.29 is 12.8 Å². The van der Waals surface area contributed by atoms with Crippen molar-refractivity contribution in [2.75, 3.05) is 4.72 Å². The molecule has 0 amide bonds. The number of nitrogens with zero attached hydrogens (tertiary/aromatic N) is 1. The minimum Gasteiger partial charge on any atom is -0.278 e. The van der Waals surface area contributed by atoms with Gasteiger partial charge in [-0.25, -0.2) is 12.8 Å². The highest BCUT2D eigenvalue weighted by atomic mass is 32.2. The van der Waals surface area contributed by atoms with E-state index < -0.39 is 15.8 Å². The molecule has 0 spiro atoms. The van der Waals surface area contributed by atoms with Crippen molar-refractivity contribution in [3.05, 3.63) is 78.2 Å². The van der Waals surface area contributed by atoms with Crippen molar-refractivity contribution in [3.8, 4) is 11.3 Å². The third-order valence-corrected chi connectivity index (χ3v) is 5.05. The Morgan fingerprint density at radius 1 is 1.00 bits per heavy atom. The van der Waals surface area contributed by atoms with E-state index in [0.29, 0.717) is 11.3 Å². The molecule has 2 aromatic carbocycles. The Morgan fingerprint density at radius 3 is 2.38 bits per heavy atom. The summed E-state index contributed by atoms with van der Waals surface area (Å²) in [6.07, 6.45) is 1.46. The third kappa shape index (κ3) is 3.44. The molecule has 1 aromatic heterocycles. The fraction of sp³-hybridized carbons (Fsp3) is 0.0556. The maximum absolute atomic E-state index is 13.1. The lowest BCUT2D eigenvalue weighted by atomic mass is 10.1. The Balaban J connectivity index is 1.85. The zero-order valence-electron chi connectivity index (χ0n) is 12.9. The van der Waals surface area contributed by atoms with Crippen LogP contribution in [0, 0.1) is 12.7 Å². The molecular weight excluding hydrogens is 327 g/mol. The van der Waals surface area contributed by atoms with E-state index in [9.17, 15) is 12.8 Å². The molecule has 122 valence electrons. The van der Waals surface area contributed by atoms with Crippen molar-refractivity contribution in [3.63, 3.8) is 0 Å². The van der Waals surface area contributed by atoms with Crippen LogP contribution in [0.5, 0.6) is 0 Å². The summed E-state index contributed by atoms with van der Waals surface area (Å²) in [5.41, 5.74) is 2.38. The van der Waals surface area contributed by atoms with Crippen LogP contribution in [0.15, 0.2) is 71.8 Å². The first-order valence-electron chi connectivity index (χ1n) is 7.26. The second kappa shape index (κ2) is 6.41. The van der Waals surface area contributed by atoms with Crippen molar-refractivity contribution >= 4 is 15.7 Å². The van der Waals surface area contributed by atoms with Crippen LogP contribution < -0.4 is 4.72 Å². The van der Waals surface area contributed by atoms with Crippen LogP contribution in [0.3, 0.4) is 0 Å². The molecule has 3 aromatic rings. The van der Waals surface area contributed by atoms with Gasteiger partial charge >= 0.3 is 0 Å². The van der Waals surface area contributed by atoms with Crippen molar-refractivity contribution in [1.82, 2.24) is 4.98 Å². The Morgan fingerprint density at radius 2 is 1.75 bits per heavy atom. The maximum Gasteiger partial charge on any atom is 0.262 e. The summed E-state index contributed by atoms with van der Waals surface area (Å²) in [7, 11) is -3.79. The largest absolute Gasteiger partial charge is 0.278 e. The fourth-order valence-electron chi connectivity index (χ4n) is 2.36. The van der Waals surface area contributed by atoms with Gasteiger partial charge in [-0.05, 0) is 42.8 Å². The average Bonchev–Trinajstić information content (AvgIpc) is 2.55. The number of hydrogen-bond donors (Lipinski definition) is 1. The second-order valence-electron chi connectivity index (χ2n) is 5.31. The molecule has 0 saturated heterocycles. The highest BCUT2D eigenvalue weighted by Gasteiger charge is 2.17. The molecule has 4 nitrogen and oxygen atoms in total. The minimum atomic E-state index is -3.79. The van der Waals surface area contributed by atoms with Gasteiger partial charge in [-0.15, -0.1) is 0 Å². The molecular formula is C18H15FN2O2S. The van der Waals surface area contributed by atoms with Crippen molar-refractivity contribution in [2.45, 2.75) is 11.8 Å². The number of rotatable bonds is 4. The van der Waals surface area contributed by atoms with E-state index in [-0.39, 0.29) is 4.90 Å². The molecule has 0 bridgehead atoms. The van der Waals surface area contributed by atoms with E-state index >= 15 is 0 Å². The number of halogens is 1. The molecule has 0 radical (unpaired) electrons. The summed E-state index contributed by atoms with van der Waals surface area (Å²) in [5.74, 6) is -0.472. The summed E-state index contributed by atoms with van der Waals surface area (Å²) in [6.45, 7) is 1.55. The van der Waals surface area contributed by atoms with Gasteiger partial charge in [0.1, 0.15) is 5.82 Å². The molecule has 0 aliphatic rings. The predicted octanol–water partition coefficient (Wildman–Crippen LogP) is 4.00. The summed E-state index contributed by atoms with van der Waals surface area (Å²) in [6, 6.07) is 16.5. The summed E-state index contributed by atoms with van der Waals surface area (Å²) >= 11 is 0. The van der Waals surface area contributed by atoms with Crippen molar-refractivity contribution in [1.29, 1.82) is 0 Å². The number of sulfonamides is 1. The van der Waals surface area contributed by atoms with Gasteiger partial charge in [-0.2, -0.15) is 0 Å². The van der Waals surface area contributed by atoms with E-state index in [2.05, 4.69) is 9.71 Å². The molecule has 1 heterocycles. The zero-order chi connectivity index (χ0) is 17.2. The van der Waals surface area contributed by atoms with Crippen LogP contribution in [0.4, 0.5) is 10.1 Å². The van der Waals surface area contributed by atoms with Gasteiger partial charge in [-0.1, -0.05) is 30.3 Å². The van der Waals surface area contributed by atoms with Gasteiger partial charge in [0, 0.05) is 5.56 Å². The molecule has 1 N–H and O–H groups in total. The standard InChI is InChI=1S/C18H15FN2O2S/c1-13-11-15(19)7-10-18(13)24(22,23)21-16-8-9-17(20-12-16)14-5-3-2-4-6-14/h2-12,21H,1H3. The number of benzene rings is 2. The van der Waals surface area contributed by atoms with Gasteiger partial charge < -0.3 is 0 Å². The van der Waals surface area contributed by atoms with Crippen LogP contribution in [0.2, 0.25) is 0 Å². The first kappa shape index (κ1) is 16.1. The number of anilines is 1. The van der Waals surface area contributed by atoms with E-state index in [1.807, 2.05) is 30.3 Å². The summed E-state index contributed by atoms with van der Waals surface area (Å²) in [4.78, 5) is 4.31. The van der Waals surface area contributed by atoms with Gasteiger partial charge in [-0.3, -0.25) is 9.71 Å². The van der Waals surface area contributed by atoms with Gasteiger partial charge in [0.05, 0.1) is 22.5 Å². The number of pyridine rings is 1. The van der Waals surface area contributed by atoms with E-state index in [0.717, 1.165) is 17.3 Å². The quantitative estimate of drug-likeness (QED) is 0.780. The molecule has 0 saturated carbocycles. The molecule has 3 rings (SSSR count). The monoisotopic (exact) mass is 342 g/mol. The molecule has 0 unspecified atom stereocenters. The van der Waals surface area contributed by atoms with Crippen LogP contribution in [0.25, 0.3) is 11.3 Å². The Hall–Kier alpha value is -2.73. The summed E-state index contributed by atoms with van der Waals surface area (Å²) < 4.78 is 40.5. The molecule has 0 aliphatic carbocycles. The van der Waals surface area contributed by atoms with E-state index in [4.69, 9.17) is 0 Å². The molecule has 0 fully saturated rings. The Bertz CT molecular complexity index is 956. The number of nitrogens with one attached hydrogen (secondary N) is 1. The van der Waals surface area contributed by atoms with Gasteiger partial charge in [0.2, 0.25) is 0 Å². The van der Waals surface area contributed by atoms with Gasteiger partial charge in [0.25, 0.3) is 10.0 Å². The lowest BCUT2D eigenvalue weighted by Crippen LogP contribution is -2.14. The topological polar surface area (TPSA) is 59.1 Å².